The van der Waals surface area contributed by atoms with Gasteiger partial charge in [-0.25, -0.2) is 0 Å². The van der Waals surface area contributed by atoms with Gasteiger partial charge in [0.25, 0.3) is 0 Å². The number of alkyl halides is 1. The Morgan fingerprint density at radius 3 is 2.67 bits per heavy atom. The van der Waals surface area contributed by atoms with Gasteiger partial charge in [-0.05, 0) is 6.42 Å². The number of rotatable bonds is 2. The Labute approximate surface area is 76.0 Å². The van der Waals surface area contributed by atoms with Crippen LogP contribution in [0.5, 0.6) is 0 Å². The average Bonchev–Trinajstić information content (AvgIpc) is 2.04. The summed E-state index contributed by atoms with van der Waals surface area (Å²) < 4.78 is 5.08. The van der Waals surface area contributed by atoms with Gasteiger partial charge >= 0.3 is 0 Å². The molecule has 0 aromatic carbocycles. The summed E-state index contributed by atoms with van der Waals surface area (Å²) in [6.45, 7) is 0. The summed E-state index contributed by atoms with van der Waals surface area (Å²) in [5, 5.41) is 10.2. The van der Waals surface area contributed by atoms with E-state index in [1.807, 2.05) is 0 Å². The molecule has 0 radical (unpaired) electrons. The molecule has 3 unspecified atom stereocenters. The van der Waals surface area contributed by atoms with Crippen LogP contribution in [0.2, 0.25) is 0 Å². The first-order valence-corrected chi connectivity index (χ1v) is 4.39. The molecule has 4 nitrogen and oxygen atoms in total. The summed E-state index contributed by atoms with van der Waals surface area (Å²) in [5.41, 5.74) is 0. The van der Waals surface area contributed by atoms with Crippen LogP contribution in [0, 0.1) is 10.1 Å². The molecule has 12 heavy (non-hydrogen) atoms. The summed E-state index contributed by atoms with van der Waals surface area (Å²) in [4.78, 5) is 10.2. The largest absolute Gasteiger partial charge is 0.380 e. The second-order valence-corrected chi connectivity index (χ2v) is 3.60. The summed E-state index contributed by atoms with van der Waals surface area (Å²) in [5.74, 6) is 0. The zero-order valence-electron chi connectivity index (χ0n) is 6.90. The number of halogens is 1. The van der Waals surface area contributed by atoms with Gasteiger partial charge in [-0.15, -0.1) is 11.6 Å². The summed E-state index contributed by atoms with van der Waals surface area (Å²) in [7, 11) is 1.59. The molecule has 3 atom stereocenters. The first-order valence-electron chi connectivity index (χ1n) is 3.95. The highest BCUT2D eigenvalue weighted by Crippen LogP contribution is 2.26. The summed E-state index contributed by atoms with van der Waals surface area (Å²) in [6, 6.07) is -0.473. The lowest BCUT2D eigenvalue weighted by Crippen LogP contribution is -2.37. The van der Waals surface area contributed by atoms with Crippen molar-refractivity contribution in [2.75, 3.05) is 7.11 Å². The lowest BCUT2D eigenvalue weighted by molar-refractivity contribution is -0.527. The van der Waals surface area contributed by atoms with E-state index < -0.39 is 6.04 Å². The zero-order valence-corrected chi connectivity index (χ0v) is 7.66. The predicted molar refractivity (Wildman–Crippen MR) is 45.1 cm³/mol. The SMILES string of the molecule is COC1CCC([N+](=O)[O-])CC1Cl. The maximum Gasteiger partial charge on any atom is 0.214 e. The van der Waals surface area contributed by atoms with E-state index in [9.17, 15) is 10.1 Å². The number of methoxy groups -OCH3 is 1. The fraction of sp³-hybridized carbons (Fsp3) is 1.00. The maximum atomic E-state index is 10.4. The van der Waals surface area contributed by atoms with Crippen molar-refractivity contribution in [2.45, 2.75) is 36.8 Å². The molecule has 0 N–H and O–H groups in total. The van der Waals surface area contributed by atoms with Crippen LogP contribution in [0.25, 0.3) is 0 Å². The standard InChI is InChI=1S/C7H12ClNO3/c1-12-7-3-2-5(9(10)11)4-6(7)8/h5-7H,2-4H2,1H3. The predicted octanol–water partition coefficient (Wildman–Crippen LogP) is 1.44. The molecule has 0 heterocycles. The minimum Gasteiger partial charge on any atom is -0.380 e. The molecule has 5 heteroatoms. The Balaban J connectivity index is 2.46. The van der Waals surface area contributed by atoms with Crippen LogP contribution < -0.4 is 0 Å². The van der Waals surface area contributed by atoms with Gasteiger partial charge in [-0.3, -0.25) is 10.1 Å². The van der Waals surface area contributed by atoms with Gasteiger partial charge in [-0.1, -0.05) is 0 Å². The van der Waals surface area contributed by atoms with Crippen molar-refractivity contribution in [1.82, 2.24) is 0 Å². The van der Waals surface area contributed by atoms with Crippen molar-refractivity contribution < 1.29 is 9.66 Å². The van der Waals surface area contributed by atoms with E-state index in [1.54, 1.807) is 7.11 Å². The second kappa shape index (κ2) is 4.05. The number of nitro groups is 1. The Hall–Kier alpha value is -0.350. The molecule has 0 aromatic rings. The number of hydrogen-bond acceptors (Lipinski definition) is 3. The molecule has 1 aliphatic carbocycles. The Morgan fingerprint density at radius 1 is 1.58 bits per heavy atom. The van der Waals surface area contributed by atoms with Gasteiger partial charge in [0.05, 0.1) is 11.5 Å². The van der Waals surface area contributed by atoms with E-state index in [0.717, 1.165) is 0 Å². The van der Waals surface area contributed by atoms with Crippen molar-refractivity contribution in [3.8, 4) is 0 Å². The minimum atomic E-state index is -0.473. The smallest absolute Gasteiger partial charge is 0.214 e. The summed E-state index contributed by atoms with van der Waals surface area (Å²) in [6.07, 6.45) is 1.68. The van der Waals surface area contributed by atoms with Crippen LogP contribution in [0.15, 0.2) is 0 Å². The van der Waals surface area contributed by atoms with Gasteiger partial charge in [0.2, 0.25) is 6.04 Å². The van der Waals surface area contributed by atoms with Gasteiger partial charge < -0.3 is 4.74 Å². The lowest BCUT2D eigenvalue weighted by Gasteiger charge is -2.27. The molecule has 1 fully saturated rings. The van der Waals surface area contributed by atoms with Gasteiger partial charge in [0.15, 0.2) is 0 Å². The van der Waals surface area contributed by atoms with E-state index in [4.69, 9.17) is 16.3 Å². The molecule has 1 saturated carbocycles. The van der Waals surface area contributed by atoms with Crippen LogP contribution in [0.4, 0.5) is 0 Å². The normalized spacial score (nSPS) is 36.3. The monoisotopic (exact) mass is 193 g/mol. The molecule has 1 aliphatic rings. The Kier molecular flexibility index (Phi) is 3.29. The highest BCUT2D eigenvalue weighted by molar-refractivity contribution is 6.21. The van der Waals surface area contributed by atoms with Crippen LogP contribution in [0.3, 0.4) is 0 Å². The summed E-state index contributed by atoms with van der Waals surface area (Å²) >= 11 is 5.89. The van der Waals surface area contributed by atoms with Crippen molar-refractivity contribution >= 4 is 11.6 Å². The van der Waals surface area contributed by atoms with E-state index in [1.165, 1.54) is 0 Å². The van der Waals surface area contributed by atoms with Crippen LogP contribution in [-0.2, 0) is 4.74 Å². The van der Waals surface area contributed by atoms with E-state index >= 15 is 0 Å². The molecule has 0 aliphatic heterocycles. The second-order valence-electron chi connectivity index (χ2n) is 3.04. The first-order chi connectivity index (χ1) is 5.65. The average molecular weight is 194 g/mol. The van der Waals surface area contributed by atoms with Gasteiger partial charge in [0.1, 0.15) is 0 Å². The zero-order chi connectivity index (χ0) is 9.14. The molecule has 0 amide bonds. The number of hydrogen-bond donors (Lipinski definition) is 0. The molecule has 0 saturated heterocycles. The van der Waals surface area contributed by atoms with Crippen molar-refractivity contribution in [2.24, 2.45) is 0 Å². The molecule has 0 spiro atoms. The Bertz CT molecular complexity index is 176. The topological polar surface area (TPSA) is 52.4 Å². The third kappa shape index (κ3) is 2.08. The number of ether oxygens (including phenoxy) is 1. The lowest BCUT2D eigenvalue weighted by atomic mass is 9.93. The molecular weight excluding hydrogens is 182 g/mol. The van der Waals surface area contributed by atoms with E-state index in [-0.39, 0.29) is 16.4 Å². The minimum absolute atomic E-state index is 0.0112. The quantitative estimate of drug-likeness (QED) is 0.379. The van der Waals surface area contributed by atoms with Crippen LogP contribution >= 0.6 is 11.6 Å². The van der Waals surface area contributed by atoms with Crippen molar-refractivity contribution in [1.29, 1.82) is 0 Å². The fourth-order valence-electron chi connectivity index (χ4n) is 1.52. The molecule has 0 bridgehead atoms. The van der Waals surface area contributed by atoms with Crippen LogP contribution in [0.1, 0.15) is 19.3 Å². The fourth-order valence-corrected chi connectivity index (χ4v) is 1.96. The highest BCUT2D eigenvalue weighted by Gasteiger charge is 2.34. The first kappa shape index (κ1) is 9.74. The molecule has 0 aromatic heterocycles. The Morgan fingerprint density at radius 2 is 2.25 bits per heavy atom. The third-order valence-corrected chi connectivity index (χ3v) is 2.75. The van der Waals surface area contributed by atoms with Gasteiger partial charge in [-0.2, -0.15) is 0 Å². The highest BCUT2D eigenvalue weighted by atomic mass is 35.5. The van der Waals surface area contributed by atoms with Gasteiger partial charge in [0, 0.05) is 24.9 Å². The molecule has 70 valence electrons. The van der Waals surface area contributed by atoms with Crippen molar-refractivity contribution in [3.63, 3.8) is 0 Å². The molecular formula is C7H12ClNO3. The van der Waals surface area contributed by atoms with E-state index in [2.05, 4.69) is 0 Å². The number of nitrogens with zero attached hydrogens (tertiary/aromatic N) is 1. The van der Waals surface area contributed by atoms with Crippen molar-refractivity contribution in [3.05, 3.63) is 10.1 Å². The van der Waals surface area contributed by atoms with E-state index in [0.29, 0.717) is 19.3 Å². The van der Waals surface area contributed by atoms with Crippen LogP contribution in [-0.4, -0.2) is 29.6 Å². The molecule has 1 rings (SSSR count). The maximum absolute atomic E-state index is 10.4. The third-order valence-electron chi connectivity index (χ3n) is 2.29.